The first kappa shape index (κ1) is 29.8. The number of hydrogen-bond donors (Lipinski definition) is 0. The number of carbonyl (C=O) groups is 1. The summed E-state index contributed by atoms with van der Waals surface area (Å²) in [7, 11) is 0. The van der Waals surface area contributed by atoms with Crippen molar-refractivity contribution in [2.45, 2.75) is 104 Å². The zero-order chi connectivity index (χ0) is 26.6. The molecule has 0 atom stereocenters. The standard InChI is InChI=1S/C27H40BrN3O5/c1-5-7-8-9-12-18-30-24(32)23(28)29-31(26(30)34)19-13-10-11-15-21-16-14-17-22(20-21)36-27(3,4)25(33)35-6-2/h14,16-17,20H,5-13,15,18-19H2,1-4H3. The van der Waals surface area contributed by atoms with E-state index in [0.717, 1.165) is 56.9 Å². The predicted molar refractivity (Wildman–Crippen MR) is 145 cm³/mol. The number of benzene rings is 1. The minimum atomic E-state index is -1.06. The Morgan fingerprint density at radius 3 is 2.42 bits per heavy atom. The molecule has 2 rings (SSSR count). The van der Waals surface area contributed by atoms with Crippen LogP contribution in [0.5, 0.6) is 5.75 Å². The van der Waals surface area contributed by atoms with Crippen molar-refractivity contribution in [3.63, 3.8) is 0 Å². The highest BCUT2D eigenvalue weighted by Crippen LogP contribution is 2.22. The Hall–Kier alpha value is -2.42. The van der Waals surface area contributed by atoms with Crippen LogP contribution in [-0.4, -0.2) is 32.5 Å². The molecule has 9 heteroatoms. The molecule has 0 spiro atoms. The zero-order valence-electron chi connectivity index (χ0n) is 22.1. The van der Waals surface area contributed by atoms with Crippen molar-refractivity contribution in [3.05, 3.63) is 55.3 Å². The fourth-order valence-corrected chi connectivity index (χ4v) is 4.32. The van der Waals surface area contributed by atoms with Crippen LogP contribution in [0.15, 0.2) is 38.5 Å². The van der Waals surface area contributed by atoms with Crippen LogP contribution < -0.4 is 16.0 Å². The first-order valence-corrected chi connectivity index (χ1v) is 13.8. The van der Waals surface area contributed by atoms with E-state index in [0.29, 0.717) is 25.4 Å². The summed E-state index contributed by atoms with van der Waals surface area (Å²) in [5, 5.41) is 4.15. The minimum Gasteiger partial charge on any atom is -0.476 e. The van der Waals surface area contributed by atoms with Gasteiger partial charge in [-0.15, -0.1) is 0 Å². The van der Waals surface area contributed by atoms with Gasteiger partial charge in [-0.3, -0.25) is 9.36 Å². The normalized spacial score (nSPS) is 11.5. The van der Waals surface area contributed by atoms with Crippen LogP contribution >= 0.6 is 15.9 Å². The van der Waals surface area contributed by atoms with E-state index < -0.39 is 11.6 Å². The number of esters is 1. The Morgan fingerprint density at radius 2 is 1.69 bits per heavy atom. The number of aromatic nitrogens is 3. The van der Waals surface area contributed by atoms with Gasteiger partial charge in [0.05, 0.1) is 6.61 Å². The molecular formula is C27H40BrN3O5. The molecule has 0 aliphatic rings. The van der Waals surface area contributed by atoms with Gasteiger partial charge in [0.2, 0.25) is 0 Å². The van der Waals surface area contributed by atoms with E-state index in [-0.39, 0.29) is 15.9 Å². The monoisotopic (exact) mass is 565 g/mol. The van der Waals surface area contributed by atoms with Gasteiger partial charge < -0.3 is 9.47 Å². The molecule has 0 saturated carbocycles. The Balaban J connectivity index is 1.87. The molecule has 0 aliphatic heterocycles. The maximum Gasteiger partial charge on any atom is 0.349 e. The second kappa shape index (κ2) is 15.0. The lowest BCUT2D eigenvalue weighted by molar-refractivity contribution is -0.158. The Labute approximate surface area is 222 Å². The summed E-state index contributed by atoms with van der Waals surface area (Å²) in [4.78, 5) is 37.3. The van der Waals surface area contributed by atoms with Gasteiger partial charge in [-0.1, -0.05) is 51.2 Å². The Bertz CT molecular complexity index is 1090. The van der Waals surface area contributed by atoms with Crippen molar-refractivity contribution < 1.29 is 14.3 Å². The van der Waals surface area contributed by atoms with E-state index in [4.69, 9.17) is 9.47 Å². The summed E-state index contributed by atoms with van der Waals surface area (Å²) in [6, 6.07) is 7.72. The fraction of sp³-hybridized carbons (Fsp3) is 0.630. The van der Waals surface area contributed by atoms with Crippen molar-refractivity contribution >= 4 is 21.9 Å². The van der Waals surface area contributed by atoms with Crippen LogP contribution in [0.4, 0.5) is 0 Å². The number of ether oxygens (including phenoxy) is 2. The maximum absolute atomic E-state index is 12.8. The predicted octanol–water partition coefficient (Wildman–Crippen LogP) is 5.27. The van der Waals surface area contributed by atoms with Crippen molar-refractivity contribution in [2.24, 2.45) is 0 Å². The molecule has 0 N–H and O–H groups in total. The molecule has 36 heavy (non-hydrogen) atoms. The highest BCUT2D eigenvalue weighted by Gasteiger charge is 2.31. The molecule has 0 amide bonds. The highest BCUT2D eigenvalue weighted by atomic mass is 79.9. The van der Waals surface area contributed by atoms with E-state index in [9.17, 15) is 14.4 Å². The molecule has 0 fully saturated rings. The fourth-order valence-electron chi connectivity index (χ4n) is 3.92. The van der Waals surface area contributed by atoms with Gasteiger partial charge >= 0.3 is 11.7 Å². The molecular weight excluding hydrogens is 526 g/mol. The van der Waals surface area contributed by atoms with Gasteiger partial charge in [0.1, 0.15) is 5.75 Å². The van der Waals surface area contributed by atoms with Crippen molar-refractivity contribution in [3.8, 4) is 5.75 Å². The molecule has 0 saturated heterocycles. The van der Waals surface area contributed by atoms with Crippen LogP contribution in [0.3, 0.4) is 0 Å². The largest absolute Gasteiger partial charge is 0.476 e. The zero-order valence-corrected chi connectivity index (χ0v) is 23.6. The molecule has 2 aromatic rings. The molecule has 0 unspecified atom stereocenters. The summed E-state index contributed by atoms with van der Waals surface area (Å²) in [6.45, 7) is 8.52. The van der Waals surface area contributed by atoms with Crippen molar-refractivity contribution in [1.29, 1.82) is 0 Å². The lowest BCUT2D eigenvalue weighted by atomic mass is 10.1. The molecule has 0 aliphatic carbocycles. The summed E-state index contributed by atoms with van der Waals surface area (Å²) in [5.41, 5.74) is -0.649. The average Bonchev–Trinajstić information content (AvgIpc) is 2.84. The number of unbranched alkanes of at least 4 members (excludes halogenated alkanes) is 6. The smallest absolute Gasteiger partial charge is 0.349 e. The highest BCUT2D eigenvalue weighted by molar-refractivity contribution is 9.10. The summed E-state index contributed by atoms with van der Waals surface area (Å²) in [6.07, 6.45) is 8.71. The molecule has 1 aromatic heterocycles. The summed E-state index contributed by atoms with van der Waals surface area (Å²) < 4.78 is 13.8. The van der Waals surface area contributed by atoms with Gasteiger partial charge in [-0.05, 0) is 80.1 Å². The second-order valence-electron chi connectivity index (χ2n) is 9.46. The summed E-state index contributed by atoms with van der Waals surface area (Å²) >= 11 is 3.22. The van der Waals surface area contributed by atoms with Gasteiger partial charge in [0, 0.05) is 13.1 Å². The number of hydrogen-bond acceptors (Lipinski definition) is 6. The molecule has 0 radical (unpaired) electrons. The van der Waals surface area contributed by atoms with Crippen LogP contribution in [0.2, 0.25) is 0 Å². The van der Waals surface area contributed by atoms with Crippen LogP contribution in [0.1, 0.15) is 84.6 Å². The first-order chi connectivity index (χ1) is 17.2. The maximum atomic E-state index is 12.8. The van der Waals surface area contributed by atoms with Gasteiger partial charge in [0.25, 0.3) is 5.56 Å². The SMILES string of the molecule is CCCCCCCn1c(=O)c(Br)nn(CCCCCc2cccc(OC(C)(C)C(=O)OCC)c2)c1=O. The number of nitrogens with zero attached hydrogens (tertiary/aromatic N) is 3. The minimum absolute atomic E-state index is 0.179. The lowest BCUT2D eigenvalue weighted by Gasteiger charge is -2.24. The third kappa shape index (κ3) is 9.22. The Kier molecular flexibility index (Phi) is 12.4. The molecule has 0 bridgehead atoms. The number of carbonyl (C=O) groups excluding carboxylic acids is 1. The van der Waals surface area contributed by atoms with Gasteiger partial charge in [0.15, 0.2) is 10.2 Å². The third-order valence-electron chi connectivity index (χ3n) is 5.94. The van der Waals surface area contributed by atoms with E-state index in [1.807, 2.05) is 24.3 Å². The van der Waals surface area contributed by atoms with Crippen molar-refractivity contribution in [2.75, 3.05) is 6.61 Å². The number of rotatable bonds is 16. The summed E-state index contributed by atoms with van der Waals surface area (Å²) in [5.74, 6) is 0.233. The van der Waals surface area contributed by atoms with Crippen LogP contribution in [-0.2, 0) is 29.0 Å². The Morgan fingerprint density at radius 1 is 1.00 bits per heavy atom. The topological polar surface area (TPSA) is 92.4 Å². The van der Waals surface area contributed by atoms with E-state index >= 15 is 0 Å². The first-order valence-electron chi connectivity index (χ1n) is 13.0. The number of halogens is 1. The van der Waals surface area contributed by atoms with Gasteiger partial charge in [-0.2, -0.15) is 5.10 Å². The van der Waals surface area contributed by atoms with E-state index in [2.05, 4.69) is 28.0 Å². The average molecular weight is 567 g/mol. The molecule has 200 valence electrons. The number of aryl methyl sites for hydroxylation is 2. The lowest BCUT2D eigenvalue weighted by Crippen LogP contribution is -2.42. The molecule has 1 heterocycles. The van der Waals surface area contributed by atoms with Gasteiger partial charge in [-0.25, -0.2) is 14.3 Å². The van der Waals surface area contributed by atoms with Crippen LogP contribution in [0.25, 0.3) is 0 Å². The molecule has 1 aromatic carbocycles. The van der Waals surface area contributed by atoms with E-state index in [1.165, 1.54) is 15.7 Å². The van der Waals surface area contributed by atoms with E-state index in [1.54, 1.807) is 20.8 Å². The third-order valence-corrected chi connectivity index (χ3v) is 6.44. The molecule has 8 nitrogen and oxygen atoms in total. The van der Waals surface area contributed by atoms with Crippen LogP contribution in [0, 0.1) is 0 Å². The second-order valence-corrected chi connectivity index (χ2v) is 10.2. The quantitative estimate of drug-likeness (QED) is 0.203. The van der Waals surface area contributed by atoms with Crippen molar-refractivity contribution in [1.82, 2.24) is 14.3 Å².